The summed E-state index contributed by atoms with van der Waals surface area (Å²) in [6.07, 6.45) is 0. The first kappa shape index (κ1) is 25.9. The highest BCUT2D eigenvalue weighted by atomic mass is 35.5. The summed E-state index contributed by atoms with van der Waals surface area (Å²) in [5, 5.41) is 3.19. The minimum absolute atomic E-state index is 0.0367. The number of carbonyl (C=O) groups excluding carboxylic acids is 2. The van der Waals surface area contributed by atoms with Crippen molar-refractivity contribution in [2.45, 2.75) is 19.5 Å². The molecule has 0 saturated carbocycles. The Labute approximate surface area is 198 Å². The summed E-state index contributed by atoms with van der Waals surface area (Å²) < 4.78 is 28.0. The molecular weight excluding hydrogens is 475 g/mol. The number of para-hydroxylation sites is 1. The summed E-state index contributed by atoms with van der Waals surface area (Å²) in [6.45, 7) is 1.11. The van der Waals surface area contributed by atoms with Gasteiger partial charge in [0.25, 0.3) is 0 Å². The average molecular weight is 501 g/mol. The van der Waals surface area contributed by atoms with Crippen LogP contribution in [0.25, 0.3) is 0 Å². The summed E-state index contributed by atoms with van der Waals surface area (Å²) in [5.74, 6) is -0.943. The Morgan fingerprint density at radius 3 is 2.19 bits per heavy atom. The molecule has 2 aromatic carbocycles. The molecule has 0 bridgehead atoms. The zero-order chi connectivity index (χ0) is 24.1. The Kier molecular flexibility index (Phi) is 8.91. The Hall–Kier alpha value is -2.33. The topological polar surface area (TPSA) is 90.0 Å². The van der Waals surface area contributed by atoms with Crippen molar-refractivity contribution in [3.8, 4) is 0 Å². The van der Waals surface area contributed by atoms with Crippen LogP contribution in [0.5, 0.6) is 0 Å². The van der Waals surface area contributed by atoms with Crippen molar-refractivity contribution in [1.29, 1.82) is 0 Å². The van der Waals surface area contributed by atoms with E-state index in [1.54, 1.807) is 55.5 Å². The molecule has 0 saturated heterocycles. The summed E-state index contributed by atoms with van der Waals surface area (Å²) in [4.78, 5) is 27.0. The summed E-state index contributed by atoms with van der Waals surface area (Å²) >= 11 is 12.1. The largest absolute Gasteiger partial charge is 0.357 e. The molecule has 2 amide bonds. The fourth-order valence-electron chi connectivity index (χ4n) is 2.94. The molecule has 1 N–H and O–H groups in total. The van der Waals surface area contributed by atoms with E-state index in [0.29, 0.717) is 21.3 Å². The number of carbonyl (C=O) groups is 2. The number of anilines is 1. The van der Waals surface area contributed by atoms with Crippen LogP contribution in [0.4, 0.5) is 5.69 Å². The van der Waals surface area contributed by atoms with Crippen molar-refractivity contribution >= 4 is 50.9 Å². The first-order chi connectivity index (χ1) is 15.0. The number of rotatable bonds is 9. The van der Waals surface area contributed by atoms with E-state index in [1.165, 1.54) is 26.0 Å². The molecule has 174 valence electrons. The number of halogens is 2. The predicted molar refractivity (Wildman–Crippen MR) is 127 cm³/mol. The number of hydrogen-bond acceptors (Lipinski definition) is 4. The van der Waals surface area contributed by atoms with Gasteiger partial charge in [-0.1, -0.05) is 47.5 Å². The molecule has 0 aliphatic carbocycles. The van der Waals surface area contributed by atoms with E-state index in [9.17, 15) is 18.0 Å². The van der Waals surface area contributed by atoms with Gasteiger partial charge in [-0.3, -0.25) is 9.59 Å². The lowest BCUT2D eigenvalue weighted by atomic mass is 10.1. The van der Waals surface area contributed by atoms with E-state index >= 15 is 0 Å². The van der Waals surface area contributed by atoms with Crippen LogP contribution in [-0.2, 0) is 26.3 Å². The van der Waals surface area contributed by atoms with E-state index in [1.807, 2.05) is 0 Å². The van der Waals surface area contributed by atoms with Gasteiger partial charge in [0.2, 0.25) is 11.8 Å². The van der Waals surface area contributed by atoms with Crippen LogP contribution in [0.3, 0.4) is 0 Å². The minimum Gasteiger partial charge on any atom is -0.357 e. The third-order valence-electron chi connectivity index (χ3n) is 4.81. The van der Waals surface area contributed by atoms with Gasteiger partial charge in [0.15, 0.2) is 0 Å². The normalized spacial score (nSPS) is 12.3. The summed E-state index contributed by atoms with van der Waals surface area (Å²) in [5.41, 5.74) is 0.974. The first-order valence-corrected chi connectivity index (χ1v) is 11.8. The number of nitrogens with zero attached hydrogens (tertiary/aromatic N) is 3. The van der Waals surface area contributed by atoms with Crippen LogP contribution >= 0.6 is 23.2 Å². The molecule has 8 nitrogen and oxygen atoms in total. The highest BCUT2D eigenvalue weighted by Crippen LogP contribution is 2.24. The lowest BCUT2D eigenvalue weighted by molar-refractivity contribution is -0.139. The van der Waals surface area contributed by atoms with Gasteiger partial charge >= 0.3 is 10.2 Å². The number of amides is 2. The van der Waals surface area contributed by atoms with E-state index in [4.69, 9.17) is 23.2 Å². The van der Waals surface area contributed by atoms with E-state index < -0.39 is 28.7 Å². The maximum atomic E-state index is 13.4. The van der Waals surface area contributed by atoms with Crippen molar-refractivity contribution < 1.29 is 18.0 Å². The number of nitrogens with one attached hydrogen (secondary N) is 1. The molecule has 1 atom stereocenters. The fourth-order valence-corrected chi connectivity index (χ4v) is 4.31. The predicted octanol–water partition coefficient (Wildman–Crippen LogP) is 2.77. The van der Waals surface area contributed by atoms with Crippen LogP contribution in [0, 0.1) is 0 Å². The highest BCUT2D eigenvalue weighted by Gasteiger charge is 2.32. The van der Waals surface area contributed by atoms with Crippen molar-refractivity contribution in [1.82, 2.24) is 14.5 Å². The van der Waals surface area contributed by atoms with Gasteiger partial charge in [-0.05, 0) is 36.8 Å². The molecule has 0 heterocycles. The molecule has 0 spiro atoms. The molecule has 0 aliphatic rings. The third kappa shape index (κ3) is 6.13. The Balaban J connectivity index is 2.43. The van der Waals surface area contributed by atoms with Gasteiger partial charge in [0.1, 0.15) is 12.6 Å². The van der Waals surface area contributed by atoms with Crippen LogP contribution in [0.1, 0.15) is 12.5 Å². The van der Waals surface area contributed by atoms with Gasteiger partial charge in [-0.25, -0.2) is 4.31 Å². The van der Waals surface area contributed by atoms with E-state index in [2.05, 4.69) is 5.32 Å². The van der Waals surface area contributed by atoms with E-state index in [-0.39, 0.29) is 12.5 Å². The maximum absolute atomic E-state index is 13.4. The smallest absolute Gasteiger partial charge is 0.304 e. The molecule has 0 aromatic heterocycles. The SMILES string of the molecule is CNC(=O)C(C)N(Cc1ccc(Cl)c(Cl)c1)C(=O)CN(c1ccccc1)S(=O)(=O)N(C)C. The second-order valence-corrected chi connectivity index (χ2v) is 10.1. The molecule has 2 aromatic rings. The van der Waals surface area contributed by atoms with Crippen LogP contribution in [-0.4, -0.2) is 63.2 Å². The highest BCUT2D eigenvalue weighted by molar-refractivity contribution is 7.90. The van der Waals surface area contributed by atoms with Gasteiger partial charge in [-0.15, -0.1) is 0 Å². The molecule has 0 radical (unpaired) electrons. The third-order valence-corrected chi connectivity index (χ3v) is 7.37. The van der Waals surface area contributed by atoms with Gasteiger partial charge in [-0.2, -0.15) is 12.7 Å². The Morgan fingerprint density at radius 2 is 1.66 bits per heavy atom. The second kappa shape index (κ2) is 11.0. The van der Waals surface area contributed by atoms with Crippen LogP contribution in [0.15, 0.2) is 48.5 Å². The summed E-state index contributed by atoms with van der Waals surface area (Å²) in [7, 11) is 0.259. The van der Waals surface area contributed by atoms with Crippen molar-refractivity contribution in [2.75, 3.05) is 32.0 Å². The van der Waals surface area contributed by atoms with Crippen molar-refractivity contribution in [3.05, 3.63) is 64.1 Å². The average Bonchev–Trinajstić information content (AvgIpc) is 2.77. The lowest BCUT2D eigenvalue weighted by Crippen LogP contribution is -2.52. The monoisotopic (exact) mass is 500 g/mol. The van der Waals surface area contributed by atoms with Crippen molar-refractivity contribution in [3.63, 3.8) is 0 Å². The zero-order valence-electron chi connectivity index (χ0n) is 18.2. The first-order valence-electron chi connectivity index (χ1n) is 9.69. The lowest BCUT2D eigenvalue weighted by Gasteiger charge is -2.32. The number of hydrogen-bond donors (Lipinski definition) is 1. The van der Waals surface area contributed by atoms with Gasteiger partial charge < -0.3 is 10.2 Å². The van der Waals surface area contributed by atoms with Gasteiger partial charge in [0, 0.05) is 27.7 Å². The molecule has 1 unspecified atom stereocenters. The quantitative estimate of drug-likeness (QED) is 0.572. The van der Waals surface area contributed by atoms with Crippen molar-refractivity contribution in [2.24, 2.45) is 0 Å². The van der Waals surface area contributed by atoms with E-state index in [0.717, 1.165) is 8.61 Å². The maximum Gasteiger partial charge on any atom is 0.304 e. The molecule has 32 heavy (non-hydrogen) atoms. The molecule has 0 aliphatic heterocycles. The number of benzene rings is 2. The number of likely N-dealkylation sites (N-methyl/N-ethyl adjacent to an activating group) is 1. The summed E-state index contributed by atoms with van der Waals surface area (Å²) in [6, 6.07) is 12.3. The zero-order valence-corrected chi connectivity index (χ0v) is 20.6. The molecule has 2 rings (SSSR count). The van der Waals surface area contributed by atoms with Gasteiger partial charge in [0.05, 0.1) is 15.7 Å². The van der Waals surface area contributed by atoms with Crippen LogP contribution in [0.2, 0.25) is 10.0 Å². The minimum atomic E-state index is -3.98. The molecule has 0 fully saturated rings. The Bertz CT molecular complexity index is 1060. The van der Waals surface area contributed by atoms with Crippen LogP contribution < -0.4 is 9.62 Å². The molecular formula is C21H26Cl2N4O4S. The second-order valence-electron chi connectivity index (χ2n) is 7.19. The Morgan fingerprint density at radius 1 is 1.03 bits per heavy atom. The fraction of sp³-hybridized carbons (Fsp3) is 0.333. The standard InChI is InChI=1S/C21H26Cl2N4O4S/c1-15(21(29)24-2)26(13-16-10-11-18(22)19(23)12-16)20(28)14-27(32(30,31)25(3)4)17-8-6-5-7-9-17/h5-12,15H,13-14H2,1-4H3,(H,24,29). The molecule has 11 heteroatoms.